The lowest BCUT2D eigenvalue weighted by atomic mass is 10.1. The second kappa shape index (κ2) is 9.81. The van der Waals surface area contributed by atoms with E-state index in [-0.39, 0.29) is 15.7 Å². The SMILES string of the molecule is Cc1ccc(N2C(=O)[C@H](C=NNC(=O)c3cc(-n4c(C)ccc4C)ccc3Cl)C(=O)NC2=S)cc1. The van der Waals surface area contributed by atoms with Gasteiger partial charge in [-0.05, 0) is 75.5 Å². The molecular formula is C25H22ClN5O3S. The van der Waals surface area contributed by atoms with Crippen molar-refractivity contribution in [3.05, 3.63) is 82.1 Å². The smallest absolute Gasteiger partial charge is 0.272 e. The van der Waals surface area contributed by atoms with E-state index in [2.05, 4.69) is 15.8 Å². The Morgan fingerprint density at radius 2 is 1.66 bits per heavy atom. The largest absolute Gasteiger partial charge is 0.318 e. The topological polar surface area (TPSA) is 95.8 Å². The maximum absolute atomic E-state index is 13.0. The summed E-state index contributed by atoms with van der Waals surface area (Å²) in [6.45, 7) is 5.84. The van der Waals surface area contributed by atoms with Gasteiger partial charge in [0.25, 0.3) is 11.8 Å². The fourth-order valence-electron chi connectivity index (χ4n) is 3.79. The summed E-state index contributed by atoms with van der Waals surface area (Å²) in [7, 11) is 0. The number of halogens is 1. The Morgan fingerprint density at radius 3 is 2.31 bits per heavy atom. The predicted octanol–water partition coefficient (Wildman–Crippen LogP) is 3.84. The summed E-state index contributed by atoms with van der Waals surface area (Å²) < 4.78 is 1.99. The number of aromatic nitrogens is 1. The van der Waals surface area contributed by atoms with Crippen molar-refractivity contribution in [3.63, 3.8) is 0 Å². The van der Waals surface area contributed by atoms with Crippen LogP contribution in [0.5, 0.6) is 0 Å². The van der Waals surface area contributed by atoms with Crippen LogP contribution in [0.15, 0.2) is 59.7 Å². The molecular weight excluding hydrogens is 486 g/mol. The summed E-state index contributed by atoms with van der Waals surface area (Å²) in [5, 5.41) is 6.60. The van der Waals surface area contributed by atoms with Crippen LogP contribution in [0.3, 0.4) is 0 Å². The Labute approximate surface area is 212 Å². The molecule has 1 atom stereocenters. The molecule has 1 aliphatic rings. The fourth-order valence-corrected chi connectivity index (χ4v) is 4.29. The van der Waals surface area contributed by atoms with Crippen molar-refractivity contribution in [3.8, 4) is 5.69 Å². The summed E-state index contributed by atoms with van der Waals surface area (Å²) in [6.07, 6.45) is 1.08. The first kappa shape index (κ1) is 24.3. The molecule has 10 heteroatoms. The lowest BCUT2D eigenvalue weighted by molar-refractivity contribution is -0.130. The number of amides is 3. The van der Waals surface area contributed by atoms with Crippen LogP contribution in [-0.2, 0) is 9.59 Å². The molecule has 1 aromatic heterocycles. The number of carbonyl (C=O) groups is 3. The molecule has 35 heavy (non-hydrogen) atoms. The summed E-state index contributed by atoms with van der Waals surface area (Å²) in [5.41, 5.74) is 6.88. The molecule has 0 radical (unpaired) electrons. The number of nitrogens with one attached hydrogen (secondary N) is 2. The van der Waals surface area contributed by atoms with Gasteiger partial charge in [0.1, 0.15) is 0 Å². The van der Waals surface area contributed by atoms with Crippen LogP contribution < -0.4 is 15.6 Å². The molecule has 3 aromatic rings. The van der Waals surface area contributed by atoms with Gasteiger partial charge in [-0.15, -0.1) is 0 Å². The molecule has 0 aliphatic carbocycles. The van der Waals surface area contributed by atoms with Crippen LogP contribution in [0.25, 0.3) is 5.69 Å². The van der Waals surface area contributed by atoms with Crippen LogP contribution in [-0.4, -0.2) is 33.6 Å². The van der Waals surface area contributed by atoms with E-state index in [1.165, 1.54) is 4.90 Å². The highest BCUT2D eigenvalue weighted by atomic mass is 35.5. The highest BCUT2D eigenvalue weighted by Gasteiger charge is 2.38. The first-order valence-electron chi connectivity index (χ1n) is 10.7. The van der Waals surface area contributed by atoms with E-state index in [0.717, 1.165) is 28.9 Å². The monoisotopic (exact) mass is 507 g/mol. The van der Waals surface area contributed by atoms with E-state index in [1.807, 2.05) is 55.7 Å². The minimum atomic E-state index is -1.27. The standard InChI is InChI=1S/C25H22ClN5O3S/c1-14-4-8-17(9-5-14)31-24(34)20(22(32)28-25(31)35)13-27-29-23(33)19-12-18(10-11-21(19)26)30-15(2)6-7-16(30)3/h4-13,20H,1-3H3,(H,29,33)(H,28,32,35)/t20-/m1/s1. The molecule has 1 aliphatic heterocycles. The van der Waals surface area contributed by atoms with Gasteiger partial charge in [0, 0.05) is 23.3 Å². The van der Waals surface area contributed by atoms with Gasteiger partial charge in [-0.2, -0.15) is 5.10 Å². The number of hydrazone groups is 1. The molecule has 178 valence electrons. The van der Waals surface area contributed by atoms with Crippen molar-refractivity contribution in [1.29, 1.82) is 0 Å². The zero-order valence-corrected chi connectivity index (χ0v) is 20.8. The van der Waals surface area contributed by atoms with Crippen molar-refractivity contribution in [2.24, 2.45) is 11.0 Å². The van der Waals surface area contributed by atoms with Gasteiger partial charge in [-0.1, -0.05) is 29.3 Å². The van der Waals surface area contributed by atoms with Crippen LogP contribution in [0.4, 0.5) is 5.69 Å². The van der Waals surface area contributed by atoms with Gasteiger partial charge in [-0.3, -0.25) is 19.3 Å². The van der Waals surface area contributed by atoms with E-state index in [9.17, 15) is 14.4 Å². The highest BCUT2D eigenvalue weighted by molar-refractivity contribution is 7.80. The fraction of sp³-hybridized carbons (Fsp3) is 0.160. The minimum absolute atomic E-state index is 0.0169. The van der Waals surface area contributed by atoms with E-state index in [0.29, 0.717) is 5.69 Å². The number of benzene rings is 2. The quantitative estimate of drug-likeness (QED) is 0.237. The van der Waals surface area contributed by atoms with Crippen molar-refractivity contribution in [2.45, 2.75) is 20.8 Å². The molecule has 4 rings (SSSR count). The summed E-state index contributed by atoms with van der Waals surface area (Å²) in [4.78, 5) is 39.5. The number of hydrogen-bond donors (Lipinski definition) is 2. The molecule has 0 bridgehead atoms. The Kier molecular flexibility index (Phi) is 6.81. The maximum atomic E-state index is 13.0. The number of hydrogen-bond acceptors (Lipinski definition) is 5. The first-order chi connectivity index (χ1) is 16.7. The van der Waals surface area contributed by atoms with Gasteiger partial charge in [0.15, 0.2) is 11.0 Å². The number of nitrogens with zero attached hydrogens (tertiary/aromatic N) is 3. The Balaban J connectivity index is 1.52. The molecule has 0 spiro atoms. The van der Waals surface area contributed by atoms with E-state index in [1.54, 1.807) is 24.3 Å². The van der Waals surface area contributed by atoms with Crippen LogP contribution in [0.1, 0.15) is 27.3 Å². The van der Waals surface area contributed by atoms with Gasteiger partial charge in [0.05, 0.1) is 16.3 Å². The Morgan fingerprint density at radius 1 is 1.03 bits per heavy atom. The Bertz CT molecular complexity index is 1360. The van der Waals surface area contributed by atoms with Crippen molar-refractivity contribution in [2.75, 3.05) is 4.90 Å². The Hall–Kier alpha value is -3.82. The number of thiocarbonyl (C=S) groups is 1. The maximum Gasteiger partial charge on any atom is 0.272 e. The zero-order chi connectivity index (χ0) is 25.3. The van der Waals surface area contributed by atoms with Gasteiger partial charge in [0.2, 0.25) is 5.91 Å². The lowest BCUT2D eigenvalue weighted by Crippen LogP contribution is -2.58. The molecule has 2 heterocycles. The third-order valence-electron chi connectivity index (χ3n) is 5.61. The van der Waals surface area contributed by atoms with Crippen LogP contribution >= 0.6 is 23.8 Å². The zero-order valence-electron chi connectivity index (χ0n) is 19.2. The number of aryl methyl sites for hydroxylation is 3. The molecule has 3 amide bonds. The van der Waals surface area contributed by atoms with E-state index >= 15 is 0 Å². The van der Waals surface area contributed by atoms with Gasteiger partial charge >= 0.3 is 0 Å². The molecule has 2 N–H and O–H groups in total. The molecule has 8 nitrogen and oxygen atoms in total. The van der Waals surface area contributed by atoms with Gasteiger partial charge < -0.3 is 9.88 Å². The average Bonchev–Trinajstić information content (AvgIpc) is 3.15. The third kappa shape index (κ3) is 4.87. The second-order valence-electron chi connectivity index (χ2n) is 8.12. The van der Waals surface area contributed by atoms with E-state index < -0.39 is 23.6 Å². The van der Waals surface area contributed by atoms with Gasteiger partial charge in [-0.25, -0.2) is 5.43 Å². The number of anilines is 1. The van der Waals surface area contributed by atoms with Crippen LogP contribution in [0, 0.1) is 26.7 Å². The normalized spacial score (nSPS) is 16.1. The van der Waals surface area contributed by atoms with Crippen molar-refractivity contribution >= 4 is 58.6 Å². The van der Waals surface area contributed by atoms with Crippen molar-refractivity contribution in [1.82, 2.24) is 15.3 Å². The summed E-state index contributed by atoms with van der Waals surface area (Å²) in [5.74, 6) is -3.04. The number of rotatable bonds is 5. The predicted molar refractivity (Wildman–Crippen MR) is 139 cm³/mol. The molecule has 1 fully saturated rings. The number of carbonyl (C=O) groups excluding carboxylic acids is 3. The lowest BCUT2D eigenvalue weighted by Gasteiger charge is -2.30. The highest BCUT2D eigenvalue weighted by Crippen LogP contribution is 2.23. The minimum Gasteiger partial charge on any atom is -0.318 e. The van der Waals surface area contributed by atoms with Crippen LogP contribution in [0.2, 0.25) is 5.02 Å². The summed E-state index contributed by atoms with van der Waals surface area (Å²) >= 11 is 11.4. The van der Waals surface area contributed by atoms with E-state index in [4.69, 9.17) is 23.8 Å². The molecule has 0 saturated carbocycles. The summed E-state index contributed by atoms with van der Waals surface area (Å²) in [6, 6.07) is 16.2. The molecule has 1 saturated heterocycles. The first-order valence-corrected chi connectivity index (χ1v) is 11.5. The average molecular weight is 508 g/mol. The third-order valence-corrected chi connectivity index (χ3v) is 6.22. The molecule has 0 unspecified atom stereocenters. The van der Waals surface area contributed by atoms with Crippen molar-refractivity contribution < 1.29 is 14.4 Å². The molecule has 2 aromatic carbocycles. The second-order valence-corrected chi connectivity index (χ2v) is 8.91.